The number of likely N-dealkylation sites (tertiary alicyclic amines) is 2. The zero-order valence-electron chi connectivity index (χ0n) is 15.9. The topological polar surface area (TPSA) is 82.7 Å². The average Bonchev–Trinajstić information content (AvgIpc) is 2.59. The maximum Gasteiger partial charge on any atom is 0.261 e. The first-order valence-electron chi connectivity index (χ1n) is 9.05. The average molecular weight is 361 g/mol. The molecule has 7 nitrogen and oxygen atoms in total. The Bertz CT molecular complexity index is 777. The number of amides is 2. The van der Waals surface area contributed by atoms with Crippen LogP contribution in [0.3, 0.4) is 0 Å². The van der Waals surface area contributed by atoms with Gasteiger partial charge in [-0.2, -0.15) is 0 Å². The van der Waals surface area contributed by atoms with Crippen molar-refractivity contribution < 1.29 is 14.3 Å². The Hall–Kier alpha value is -2.15. The fraction of sp³-hybridized carbons (Fsp3) is 0.632. The Morgan fingerprint density at radius 1 is 1.27 bits per heavy atom. The number of rotatable bonds is 2. The van der Waals surface area contributed by atoms with E-state index in [4.69, 9.17) is 4.74 Å². The number of hydrogen-bond acceptors (Lipinski definition) is 4. The number of aromatic nitrogens is 1. The van der Waals surface area contributed by atoms with Crippen LogP contribution in [0.5, 0.6) is 0 Å². The van der Waals surface area contributed by atoms with E-state index >= 15 is 0 Å². The summed E-state index contributed by atoms with van der Waals surface area (Å²) in [5, 5.41) is 0. The van der Waals surface area contributed by atoms with Crippen molar-refractivity contribution in [2.75, 3.05) is 33.8 Å². The van der Waals surface area contributed by atoms with Crippen LogP contribution in [0.15, 0.2) is 10.9 Å². The molecule has 0 radical (unpaired) electrons. The normalized spacial score (nSPS) is 22.8. The lowest BCUT2D eigenvalue weighted by Crippen LogP contribution is -2.57. The minimum absolute atomic E-state index is 0.0298. The summed E-state index contributed by atoms with van der Waals surface area (Å²) in [5.74, 6) is -0.110. The first kappa shape index (κ1) is 18.6. The van der Waals surface area contributed by atoms with E-state index in [0.717, 1.165) is 5.69 Å². The van der Waals surface area contributed by atoms with Gasteiger partial charge in [0.1, 0.15) is 5.56 Å². The Balaban J connectivity index is 1.77. The lowest BCUT2D eigenvalue weighted by molar-refractivity contribution is -0.155. The molecule has 7 heteroatoms. The summed E-state index contributed by atoms with van der Waals surface area (Å²) in [6.07, 6.45) is 1.93. The highest BCUT2D eigenvalue weighted by atomic mass is 16.5. The van der Waals surface area contributed by atoms with Crippen LogP contribution < -0.4 is 5.56 Å². The van der Waals surface area contributed by atoms with Gasteiger partial charge in [-0.25, -0.2) is 0 Å². The highest BCUT2D eigenvalue weighted by Gasteiger charge is 2.48. The van der Waals surface area contributed by atoms with Crippen molar-refractivity contribution in [3.63, 3.8) is 0 Å². The molecule has 0 bridgehead atoms. The molecule has 3 heterocycles. The van der Waals surface area contributed by atoms with Gasteiger partial charge in [0.25, 0.3) is 11.5 Å². The van der Waals surface area contributed by atoms with Gasteiger partial charge in [0.2, 0.25) is 5.91 Å². The van der Waals surface area contributed by atoms with E-state index in [0.29, 0.717) is 44.5 Å². The molecule has 1 N–H and O–H groups in total. The zero-order chi connectivity index (χ0) is 19.1. The third-order valence-electron chi connectivity index (χ3n) is 5.82. The van der Waals surface area contributed by atoms with Crippen molar-refractivity contribution >= 4 is 11.8 Å². The summed E-state index contributed by atoms with van der Waals surface area (Å²) in [6.45, 7) is 5.13. The second-order valence-corrected chi connectivity index (χ2v) is 7.66. The zero-order valence-corrected chi connectivity index (χ0v) is 15.9. The summed E-state index contributed by atoms with van der Waals surface area (Å²) in [7, 11) is 3.48. The van der Waals surface area contributed by atoms with Crippen LogP contribution in [-0.4, -0.2) is 66.5 Å². The molecule has 0 aliphatic carbocycles. The lowest BCUT2D eigenvalue weighted by Gasteiger charge is -2.47. The van der Waals surface area contributed by atoms with E-state index in [1.807, 2.05) is 13.1 Å². The Labute approximate surface area is 153 Å². The van der Waals surface area contributed by atoms with Crippen molar-refractivity contribution in [1.29, 1.82) is 0 Å². The third-order valence-corrected chi connectivity index (χ3v) is 5.82. The predicted molar refractivity (Wildman–Crippen MR) is 97.2 cm³/mol. The summed E-state index contributed by atoms with van der Waals surface area (Å²) in [4.78, 5) is 44.0. The van der Waals surface area contributed by atoms with Gasteiger partial charge >= 0.3 is 0 Å². The lowest BCUT2D eigenvalue weighted by atomic mass is 9.71. The molecule has 0 saturated carbocycles. The smallest absolute Gasteiger partial charge is 0.261 e. The maximum atomic E-state index is 12.9. The van der Waals surface area contributed by atoms with E-state index in [1.165, 1.54) is 0 Å². The number of nitrogens with one attached hydrogen (secondary N) is 1. The van der Waals surface area contributed by atoms with Crippen molar-refractivity contribution in [2.45, 2.75) is 39.2 Å². The fourth-order valence-electron chi connectivity index (χ4n) is 4.37. The molecule has 1 aromatic rings. The summed E-state index contributed by atoms with van der Waals surface area (Å²) >= 11 is 0. The van der Waals surface area contributed by atoms with Gasteiger partial charge in [0.15, 0.2) is 0 Å². The Morgan fingerprint density at radius 2 is 1.92 bits per heavy atom. The number of hydrogen-bond donors (Lipinski definition) is 1. The molecule has 1 aromatic heterocycles. The highest BCUT2D eigenvalue weighted by molar-refractivity contribution is 5.95. The molecular formula is C19H27N3O4. The van der Waals surface area contributed by atoms with Gasteiger partial charge in [-0.1, -0.05) is 0 Å². The van der Waals surface area contributed by atoms with Gasteiger partial charge in [-0.15, -0.1) is 0 Å². The minimum atomic E-state index is -0.459. The molecule has 0 aromatic carbocycles. The van der Waals surface area contributed by atoms with Gasteiger partial charge in [-0.3, -0.25) is 14.4 Å². The van der Waals surface area contributed by atoms with Crippen LogP contribution >= 0.6 is 0 Å². The van der Waals surface area contributed by atoms with E-state index in [2.05, 4.69) is 4.98 Å². The van der Waals surface area contributed by atoms with E-state index in [1.54, 1.807) is 30.8 Å². The molecule has 2 saturated heterocycles. The number of ether oxygens (including phenoxy) is 1. The first-order valence-corrected chi connectivity index (χ1v) is 9.05. The number of carbonyl (C=O) groups excluding carboxylic acids is 2. The largest absolute Gasteiger partial charge is 0.380 e. The number of H-pyrrole nitrogens is 1. The summed E-state index contributed by atoms with van der Waals surface area (Å²) in [5.41, 5.74) is 0.820. The molecule has 2 aliphatic rings. The first-order chi connectivity index (χ1) is 12.3. The fourth-order valence-corrected chi connectivity index (χ4v) is 4.37. The number of methoxy groups -OCH3 is 1. The van der Waals surface area contributed by atoms with Crippen molar-refractivity contribution in [3.05, 3.63) is 33.2 Å². The molecule has 2 amide bonds. The number of aryl methyl sites for hydroxylation is 2. The monoisotopic (exact) mass is 361 g/mol. The minimum Gasteiger partial charge on any atom is -0.380 e. The number of pyridine rings is 1. The van der Waals surface area contributed by atoms with Crippen LogP contribution in [0, 0.1) is 19.3 Å². The Kier molecular flexibility index (Phi) is 4.92. The predicted octanol–water partition coefficient (Wildman–Crippen LogP) is 1.09. The standard InChI is InChI=1S/C19H27N3O4/c1-12-9-13(2)20-16(23)15(12)17(24)22-7-5-19(6-8-22)10-14(26-4)11-21(3)18(19)25/h9,14H,5-8,10-11H2,1-4H3,(H,20,23). The van der Waals surface area contributed by atoms with E-state index < -0.39 is 5.41 Å². The molecule has 2 aliphatic heterocycles. The second-order valence-electron chi connectivity index (χ2n) is 7.66. The number of likely N-dealkylation sites (N-methyl/N-ethyl adjacent to an activating group) is 1. The molecule has 1 atom stereocenters. The number of piperidine rings is 2. The van der Waals surface area contributed by atoms with Gasteiger partial charge in [-0.05, 0) is 44.7 Å². The molecule has 1 spiro atoms. The van der Waals surface area contributed by atoms with Gasteiger partial charge < -0.3 is 19.5 Å². The van der Waals surface area contributed by atoms with Crippen molar-refractivity contribution in [1.82, 2.24) is 14.8 Å². The molecule has 3 rings (SSSR count). The Morgan fingerprint density at radius 3 is 2.50 bits per heavy atom. The van der Waals surface area contributed by atoms with Crippen molar-refractivity contribution in [2.24, 2.45) is 5.41 Å². The van der Waals surface area contributed by atoms with Crippen LogP contribution in [0.25, 0.3) is 0 Å². The third kappa shape index (κ3) is 3.16. The van der Waals surface area contributed by atoms with Crippen LogP contribution in [0.4, 0.5) is 0 Å². The molecular weight excluding hydrogens is 334 g/mol. The molecule has 1 unspecified atom stereocenters. The summed E-state index contributed by atoms with van der Waals surface area (Å²) in [6, 6.07) is 1.81. The quantitative estimate of drug-likeness (QED) is 0.855. The molecule has 142 valence electrons. The van der Waals surface area contributed by atoms with E-state index in [-0.39, 0.29) is 29.0 Å². The number of aromatic amines is 1. The van der Waals surface area contributed by atoms with Crippen LogP contribution in [-0.2, 0) is 9.53 Å². The number of nitrogens with zero attached hydrogens (tertiary/aromatic N) is 2. The van der Waals surface area contributed by atoms with Gasteiger partial charge in [0.05, 0.1) is 11.5 Å². The highest BCUT2D eigenvalue weighted by Crippen LogP contribution is 2.41. The number of carbonyl (C=O) groups is 2. The van der Waals surface area contributed by atoms with E-state index in [9.17, 15) is 14.4 Å². The van der Waals surface area contributed by atoms with Crippen LogP contribution in [0.2, 0.25) is 0 Å². The SMILES string of the molecule is COC1CN(C)C(=O)C2(CCN(C(=O)c3c(C)cc(C)[nH]c3=O)CC2)C1. The van der Waals surface area contributed by atoms with Crippen LogP contribution in [0.1, 0.15) is 40.9 Å². The second kappa shape index (κ2) is 6.87. The van der Waals surface area contributed by atoms with Crippen molar-refractivity contribution in [3.8, 4) is 0 Å². The maximum absolute atomic E-state index is 12.9. The molecule has 2 fully saturated rings. The summed E-state index contributed by atoms with van der Waals surface area (Å²) < 4.78 is 5.50. The van der Waals surface area contributed by atoms with Gasteiger partial charge in [0, 0.05) is 39.5 Å². The molecule has 26 heavy (non-hydrogen) atoms.